The zero-order chi connectivity index (χ0) is 19.2. The Morgan fingerprint density at radius 1 is 1.07 bits per heavy atom. The number of fused-ring (bicyclic) bond motifs is 1. The van der Waals surface area contributed by atoms with Gasteiger partial charge in [0.25, 0.3) is 11.8 Å². The van der Waals surface area contributed by atoms with E-state index in [9.17, 15) is 19.1 Å². The van der Waals surface area contributed by atoms with E-state index in [0.717, 1.165) is 22.9 Å². The number of phenolic OH excluding ortho intramolecular Hbond substituents is 1. The van der Waals surface area contributed by atoms with Crippen LogP contribution in [0.3, 0.4) is 0 Å². The zero-order valence-electron chi connectivity index (χ0n) is 14.1. The highest BCUT2D eigenvalue weighted by Crippen LogP contribution is 2.18. The number of hydrogen-bond donors (Lipinski definition) is 3. The largest absolute Gasteiger partial charge is 0.507 e. The molecule has 136 valence electrons. The quantitative estimate of drug-likeness (QED) is 0.479. The van der Waals surface area contributed by atoms with Gasteiger partial charge in [0.1, 0.15) is 11.6 Å². The minimum Gasteiger partial charge on any atom is -0.507 e. The molecule has 3 aromatic carbocycles. The molecule has 27 heavy (non-hydrogen) atoms. The lowest BCUT2D eigenvalue weighted by Gasteiger charge is -2.07. The number of carbonyl (C=O) groups is 2. The molecule has 0 bridgehead atoms. The summed E-state index contributed by atoms with van der Waals surface area (Å²) < 4.78 is 12.9. The molecule has 3 aromatic rings. The summed E-state index contributed by atoms with van der Waals surface area (Å²) >= 11 is 0. The summed E-state index contributed by atoms with van der Waals surface area (Å²) in [7, 11) is 0. The Balaban J connectivity index is 1.57. The molecule has 0 heterocycles. The molecule has 0 aromatic heterocycles. The third kappa shape index (κ3) is 4.46. The molecule has 0 fully saturated rings. The van der Waals surface area contributed by atoms with Crippen LogP contribution in [-0.4, -0.2) is 29.7 Å². The summed E-state index contributed by atoms with van der Waals surface area (Å²) in [6, 6.07) is 16.2. The molecule has 3 rings (SSSR count). The summed E-state index contributed by atoms with van der Waals surface area (Å²) in [5.41, 5.74) is 2.95. The number of hydrogen-bond acceptors (Lipinski definition) is 4. The third-order valence-electron chi connectivity index (χ3n) is 3.83. The van der Waals surface area contributed by atoms with Crippen molar-refractivity contribution in [3.63, 3.8) is 0 Å². The summed E-state index contributed by atoms with van der Waals surface area (Å²) in [4.78, 5) is 24.1. The van der Waals surface area contributed by atoms with E-state index in [2.05, 4.69) is 15.8 Å². The molecule has 0 unspecified atom stereocenters. The molecule has 6 nitrogen and oxygen atoms in total. The number of carbonyl (C=O) groups excluding carboxylic acids is 2. The molecular weight excluding hydrogens is 349 g/mol. The first-order chi connectivity index (χ1) is 13.0. The second-order valence-corrected chi connectivity index (χ2v) is 5.71. The number of amides is 2. The highest BCUT2D eigenvalue weighted by molar-refractivity contribution is 6.07. The van der Waals surface area contributed by atoms with Crippen molar-refractivity contribution >= 4 is 28.8 Å². The number of hydrazone groups is 1. The molecule has 0 aliphatic carbocycles. The van der Waals surface area contributed by atoms with E-state index >= 15 is 0 Å². The molecule has 7 heteroatoms. The predicted molar refractivity (Wildman–Crippen MR) is 100 cm³/mol. The fraction of sp³-hybridized carbons (Fsp3) is 0.0500. The van der Waals surface area contributed by atoms with Gasteiger partial charge in [0.15, 0.2) is 0 Å². The second-order valence-electron chi connectivity index (χ2n) is 5.71. The van der Waals surface area contributed by atoms with Gasteiger partial charge in [-0.2, -0.15) is 5.10 Å². The van der Waals surface area contributed by atoms with Crippen LogP contribution in [0, 0.1) is 5.82 Å². The predicted octanol–water partition coefficient (Wildman–Crippen LogP) is 2.56. The molecule has 3 N–H and O–H groups in total. The van der Waals surface area contributed by atoms with Crippen molar-refractivity contribution in [3.05, 3.63) is 77.6 Å². The van der Waals surface area contributed by atoms with Gasteiger partial charge >= 0.3 is 0 Å². The molecular formula is C20H16FN3O3. The maximum atomic E-state index is 12.9. The Hall–Kier alpha value is -3.74. The maximum absolute atomic E-state index is 12.9. The number of halogens is 1. The number of aromatic hydroxyl groups is 1. The van der Waals surface area contributed by atoms with Crippen LogP contribution in [0.5, 0.6) is 5.75 Å². The number of nitrogens with one attached hydrogen (secondary N) is 2. The topological polar surface area (TPSA) is 90.8 Å². The monoisotopic (exact) mass is 365 g/mol. The molecule has 0 spiro atoms. The van der Waals surface area contributed by atoms with Crippen molar-refractivity contribution in [2.24, 2.45) is 5.10 Å². The first-order valence-electron chi connectivity index (χ1n) is 8.11. The fourth-order valence-electron chi connectivity index (χ4n) is 2.52. The highest BCUT2D eigenvalue weighted by atomic mass is 19.1. The lowest BCUT2D eigenvalue weighted by molar-refractivity contribution is -0.120. The van der Waals surface area contributed by atoms with Crippen LogP contribution >= 0.6 is 0 Å². The average molecular weight is 365 g/mol. The number of phenols is 1. The van der Waals surface area contributed by atoms with Crippen LogP contribution in [0.25, 0.3) is 10.8 Å². The molecule has 0 aliphatic heterocycles. The Morgan fingerprint density at radius 3 is 2.67 bits per heavy atom. The van der Waals surface area contributed by atoms with Gasteiger partial charge in [0.2, 0.25) is 0 Å². The molecule has 0 aliphatic rings. The van der Waals surface area contributed by atoms with E-state index in [4.69, 9.17) is 0 Å². The van der Waals surface area contributed by atoms with Crippen LogP contribution in [-0.2, 0) is 4.79 Å². The van der Waals surface area contributed by atoms with Gasteiger partial charge in [-0.25, -0.2) is 9.82 Å². The third-order valence-corrected chi connectivity index (χ3v) is 3.83. The zero-order valence-corrected chi connectivity index (χ0v) is 14.1. The lowest BCUT2D eigenvalue weighted by atomic mass is 10.0. The summed E-state index contributed by atoms with van der Waals surface area (Å²) in [6.07, 6.45) is 1.18. The van der Waals surface area contributed by atoms with Crippen LogP contribution in [0.1, 0.15) is 15.9 Å². The van der Waals surface area contributed by atoms with Crippen molar-refractivity contribution in [3.8, 4) is 5.75 Å². The Kier molecular flexibility index (Phi) is 5.41. The van der Waals surface area contributed by atoms with E-state index in [1.165, 1.54) is 12.3 Å². The SMILES string of the molecule is O=C(CNC(=O)c1cccc2ccccc12)NN=Cc1ccc(F)cc1O. The van der Waals surface area contributed by atoms with Gasteiger partial charge in [-0.1, -0.05) is 36.4 Å². The van der Waals surface area contributed by atoms with Gasteiger partial charge in [0, 0.05) is 17.2 Å². The van der Waals surface area contributed by atoms with Crippen molar-refractivity contribution in [1.29, 1.82) is 0 Å². The van der Waals surface area contributed by atoms with Crippen molar-refractivity contribution in [2.75, 3.05) is 6.54 Å². The van der Waals surface area contributed by atoms with E-state index in [0.29, 0.717) is 5.56 Å². The van der Waals surface area contributed by atoms with Crippen LogP contribution in [0.2, 0.25) is 0 Å². The first kappa shape index (κ1) is 18.1. The average Bonchev–Trinajstić information content (AvgIpc) is 2.67. The smallest absolute Gasteiger partial charge is 0.259 e. The molecule has 0 atom stereocenters. The number of nitrogens with zero attached hydrogens (tertiary/aromatic N) is 1. The van der Waals surface area contributed by atoms with Gasteiger partial charge in [-0.3, -0.25) is 9.59 Å². The Bertz CT molecular complexity index is 1030. The minimum absolute atomic E-state index is 0.247. The van der Waals surface area contributed by atoms with E-state index in [-0.39, 0.29) is 23.8 Å². The molecule has 2 amide bonds. The Labute approximate surface area is 154 Å². The highest BCUT2D eigenvalue weighted by Gasteiger charge is 2.10. The van der Waals surface area contributed by atoms with Gasteiger partial charge in [-0.05, 0) is 29.0 Å². The van der Waals surface area contributed by atoms with E-state index in [1.807, 2.05) is 30.3 Å². The number of rotatable bonds is 5. The Morgan fingerprint density at radius 2 is 1.85 bits per heavy atom. The summed E-state index contributed by atoms with van der Waals surface area (Å²) in [6.45, 7) is -0.269. The van der Waals surface area contributed by atoms with Gasteiger partial charge in [0.05, 0.1) is 12.8 Å². The lowest BCUT2D eigenvalue weighted by Crippen LogP contribution is -2.35. The van der Waals surface area contributed by atoms with Crippen molar-refractivity contribution in [2.45, 2.75) is 0 Å². The molecule has 0 saturated heterocycles. The minimum atomic E-state index is -0.579. The van der Waals surface area contributed by atoms with Crippen LogP contribution in [0.15, 0.2) is 65.8 Å². The molecule has 0 radical (unpaired) electrons. The van der Waals surface area contributed by atoms with Gasteiger partial charge < -0.3 is 10.4 Å². The maximum Gasteiger partial charge on any atom is 0.259 e. The first-order valence-corrected chi connectivity index (χ1v) is 8.11. The number of benzene rings is 3. The van der Waals surface area contributed by atoms with Crippen molar-refractivity contribution < 1.29 is 19.1 Å². The summed E-state index contributed by atoms with van der Waals surface area (Å²) in [5, 5.41) is 17.5. The fourth-order valence-corrected chi connectivity index (χ4v) is 2.52. The normalized spacial score (nSPS) is 10.9. The van der Waals surface area contributed by atoms with E-state index < -0.39 is 11.7 Å². The van der Waals surface area contributed by atoms with Crippen molar-refractivity contribution in [1.82, 2.24) is 10.7 Å². The van der Waals surface area contributed by atoms with Gasteiger partial charge in [-0.15, -0.1) is 0 Å². The molecule has 0 saturated carbocycles. The van der Waals surface area contributed by atoms with E-state index in [1.54, 1.807) is 12.1 Å². The second kappa shape index (κ2) is 8.09. The standard InChI is InChI=1S/C20H16FN3O3/c21-15-9-8-14(18(25)10-15)11-23-24-19(26)12-22-20(27)17-7-3-5-13-4-1-2-6-16(13)17/h1-11,25H,12H2,(H,22,27)(H,24,26). The van der Waals surface area contributed by atoms with Crippen LogP contribution < -0.4 is 10.7 Å². The summed E-state index contributed by atoms with van der Waals surface area (Å²) in [5.74, 6) is -1.79. The van der Waals surface area contributed by atoms with Crippen LogP contribution in [0.4, 0.5) is 4.39 Å².